The van der Waals surface area contributed by atoms with E-state index < -0.39 is 0 Å². The minimum Gasteiger partial charge on any atom is -0.378 e. The summed E-state index contributed by atoms with van der Waals surface area (Å²) in [7, 11) is 4.14. The van der Waals surface area contributed by atoms with E-state index in [-0.39, 0.29) is 0 Å². The van der Waals surface area contributed by atoms with Crippen LogP contribution in [0.25, 0.3) is 22.4 Å². The predicted molar refractivity (Wildman–Crippen MR) is 165 cm³/mol. The average Bonchev–Trinajstić information content (AvgIpc) is 3.00. The van der Waals surface area contributed by atoms with Crippen LogP contribution in [0.5, 0.6) is 0 Å². The lowest BCUT2D eigenvalue weighted by Crippen LogP contribution is -2.27. The van der Waals surface area contributed by atoms with Gasteiger partial charge in [0.1, 0.15) is 6.33 Å². The Kier molecular flexibility index (Phi) is 8.41. The van der Waals surface area contributed by atoms with Gasteiger partial charge in [0.25, 0.3) is 0 Å². The zero-order valence-corrected chi connectivity index (χ0v) is 23.6. The SMILES string of the molecule is C=C(C1CCCCC1)N(Cc1ccc(-c2ccc(N(C)C)cc2)cc1)c1cccc(-c2cc(CC)ncn2)c1. The first-order valence-electron chi connectivity index (χ1n) is 14.3. The van der Waals surface area contributed by atoms with E-state index in [1.54, 1.807) is 6.33 Å². The molecule has 1 fully saturated rings. The molecular formula is C35H40N4. The Balaban J connectivity index is 1.43. The van der Waals surface area contributed by atoms with Crippen LogP contribution >= 0.6 is 0 Å². The second kappa shape index (κ2) is 12.3. The maximum atomic E-state index is 4.66. The number of nitrogens with zero attached hydrogens (tertiary/aromatic N) is 4. The van der Waals surface area contributed by atoms with E-state index in [0.29, 0.717) is 5.92 Å². The van der Waals surface area contributed by atoms with E-state index in [4.69, 9.17) is 0 Å². The number of aromatic nitrogens is 2. The van der Waals surface area contributed by atoms with Crippen molar-refractivity contribution in [2.45, 2.75) is 52.0 Å². The Morgan fingerprint density at radius 2 is 1.49 bits per heavy atom. The summed E-state index contributed by atoms with van der Waals surface area (Å²) in [6, 6.07) is 28.6. The van der Waals surface area contributed by atoms with Crippen LogP contribution in [-0.4, -0.2) is 24.1 Å². The lowest BCUT2D eigenvalue weighted by Gasteiger charge is -2.34. The molecule has 3 aromatic carbocycles. The predicted octanol–water partition coefficient (Wildman–Crippen LogP) is 8.54. The molecule has 4 heteroatoms. The molecule has 0 amide bonds. The Morgan fingerprint density at radius 1 is 0.795 bits per heavy atom. The van der Waals surface area contributed by atoms with Crippen molar-refractivity contribution in [1.82, 2.24) is 9.97 Å². The minimum absolute atomic E-state index is 0.530. The summed E-state index contributed by atoms with van der Waals surface area (Å²) >= 11 is 0. The van der Waals surface area contributed by atoms with Crippen molar-refractivity contribution < 1.29 is 0 Å². The molecule has 39 heavy (non-hydrogen) atoms. The molecule has 5 rings (SSSR count). The second-order valence-corrected chi connectivity index (χ2v) is 10.8. The summed E-state index contributed by atoms with van der Waals surface area (Å²) < 4.78 is 0. The second-order valence-electron chi connectivity index (χ2n) is 10.8. The summed E-state index contributed by atoms with van der Waals surface area (Å²) in [5.41, 5.74) is 10.5. The molecular weight excluding hydrogens is 476 g/mol. The Bertz CT molecular complexity index is 1380. The first-order valence-corrected chi connectivity index (χ1v) is 14.3. The van der Waals surface area contributed by atoms with Crippen molar-refractivity contribution in [2.75, 3.05) is 23.9 Å². The van der Waals surface area contributed by atoms with Gasteiger partial charge in [0, 0.05) is 49.0 Å². The normalized spacial score (nSPS) is 13.7. The minimum atomic E-state index is 0.530. The number of aryl methyl sites for hydroxylation is 1. The van der Waals surface area contributed by atoms with Crippen LogP contribution in [0.1, 0.15) is 50.3 Å². The molecule has 0 saturated heterocycles. The van der Waals surface area contributed by atoms with E-state index in [2.05, 4.69) is 126 Å². The lowest BCUT2D eigenvalue weighted by molar-refractivity contribution is 0.396. The molecule has 0 bridgehead atoms. The molecule has 4 nitrogen and oxygen atoms in total. The highest BCUT2D eigenvalue weighted by Gasteiger charge is 2.22. The molecule has 1 aliphatic rings. The van der Waals surface area contributed by atoms with Crippen LogP contribution in [0.2, 0.25) is 0 Å². The number of benzene rings is 3. The van der Waals surface area contributed by atoms with Crippen LogP contribution in [0, 0.1) is 5.92 Å². The zero-order chi connectivity index (χ0) is 27.2. The fraction of sp³-hybridized carbons (Fsp3) is 0.314. The first-order chi connectivity index (χ1) is 19.0. The topological polar surface area (TPSA) is 32.3 Å². The molecule has 1 aliphatic carbocycles. The highest BCUT2D eigenvalue weighted by Crippen LogP contribution is 2.35. The monoisotopic (exact) mass is 516 g/mol. The summed E-state index contributed by atoms with van der Waals surface area (Å²) in [5.74, 6) is 0.530. The Labute approximate surface area is 234 Å². The van der Waals surface area contributed by atoms with Crippen LogP contribution < -0.4 is 9.80 Å². The van der Waals surface area contributed by atoms with Gasteiger partial charge in [0.05, 0.1) is 5.69 Å². The average molecular weight is 517 g/mol. The highest BCUT2D eigenvalue weighted by atomic mass is 15.1. The molecule has 1 aromatic heterocycles. The van der Waals surface area contributed by atoms with Gasteiger partial charge in [-0.15, -0.1) is 0 Å². The third kappa shape index (κ3) is 6.39. The zero-order valence-electron chi connectivity index (χ0n) is 23.6. The van der Waals surface area contributed by atoms with Crippen molar-refractivity contribution in [3.8, 4) is 22.4 Å². The van der Waals surface area contributed by atoms with Gasteiger partial charge in [-0.25, -0.2) is 9.97 Å². The molecule has 1 saturated carbocycles. The van der Waals surface area contributed by atoms with Crippen molar-refractivity contribution >= 4 is 11.4 Å². The largest absolute Gasteiger partial charge is 0.378 e. The molecule has 0 aliphatic heterocycles. The molecule has 200 valence electrons. The summed E-state index contributed by atoms with van der Waals surface area (Å²) in [6.07, 6.45) is 8.94. The van der Waals surface area contributed by atoms with Crippen molar-refractivity contribution in [3.05, 3.63) is 109 Å². The highest BCUT2D eigenvalue weighted by molar-refractivity contribution is 5.68. The quantitative estimate of drug-likeness (QED) is 0.223. The van der Waals surface area contributed by atoms with E-state index in [0.717, 1.165) is 29.9 Å². The van der Waals surface area contributed by atoms with Gasteiger partial charge >= 0.3 is 0 Å². The summed E-state index contributed by atoms with van der Waals surface area (Å²) in [5, 5.41) is 0. The fourth-order valence-corrected chi connectivity index (χ4v) is 5.53. The molecule has 0 spiro atoms. The van der Waals surface area contributed by atoms with Gasteiger partial charge in [-0.1, -0.05) is 81.3 Å². The van der Waals surface area contributed by atoms with Crippen molar-refractivity contribution in [2.24, 2.45) is 5.92 Å². The summed E-state index contributed by atoms with van der Waals surface area (Å²) in [6.45, 7) is 7.59. The van der Waals surface area contributed by atoms with Gasteiger partial charge in [0.15, 0.2) is 0 Å². The lowest BCUT2D eigenvalue weighted by atomic mass is 9.86. The number of anilines is 2. The standard InChI is InChI=1S/C35H40N4/c1-5-32-23-35(37-25-36-32)31-12-9-13-34(22-31)39(26(2)28-10-7-6-8-11-28)24-27-14-16-29(17-15-27)30-18-20-33(21-19-30)38(3)4/h9,12-23,25,28H,2,5-8,10-11,24H2,1,3-4H3. The fourth-order valence-electron chi connectivity index (χ4n) is 5.53. The van der Waals surface area contributed by atoms with E-state index in [1.807, 2.05) is 0 Å². The molecule has 0 radical (unpaired) electrons. The number of hydrogen-bond acceptors (Lipinski definition) is 4. The van der Waals surface area contributed by atoms with Gasteiger partial charge in [-0.3, -0.25) is 0 Å². The van der Waals surface area contributed by atoms with Gasteiger partial charge < -0.3 is 9.80 Å². The number of rotatable bonds is 9. The van der Waals surface area contributed by atoms with E-state index in [1.165, 1.54) is 65.9 Å². The van der Waals surface area contributed by atoms with Crippen LogP contribution in [0.15, 0.2) is 97.5 Å². The van der Waals surface area contributed by atoms with Crippen molar-refractivity contribution in [1.29, 1.82) is 0 Å². The van der Waals surface area contributed by atoms with Crippen LogP contribution in [-0.2, 0) is 13.0 Å². The third-order valence-corrected chi connectivity index (χ3v) is 7.97. The maximum Gasteiger partial charge on any atom is 0.116 e. The van der Waals surface area contributed by atoms with E-state index >= 15 is 0 Å². The van der Waals surface area contributed by atoms with E-state index in [9.17, 15) is 0 Å². The molecule has 1 heterocycles. The van der Waals surface area contributed by atoms with Gasteiger partial charge in [0.2, 0.25) is 0 Å². The number of allylic oxidation sites excluding steroid dienone is 1. The van der Waals surface area contributed by atoms with Gasteiger partial charge in [-0.2, -0.15) is 0 Å². The summed E-state index contributed by atoms with van der Waals surface area (Å²) in [4.78, 5) is 13.5. The smallest absolute Gasteiger partial charge is 0.116 e. The maximum absolute atomic E-state index is 4.66. The molecule has 4 aromatic rings. The first kappa shape index (κ1) is 26.7. The Morgan fingerprint density at radius 3 is 2.15 bits per heavy atom. The number of hydrogen-bond donors (Lipinski definition) is 0. The molecule has 0 atom stereocenters. The van der Waals surface area contributed by atoms with Crippen molar-refractivity contribution in [3.63, 3.8) is 0 Å². The van der Waals surface area contributed by atoms with Gasteiger partial charge in [-0.05, 0) is 72.2 Å². The molecule has 0 unspecified atom stereocenters. The Hall–Kier alpha value is -3.92. The van der Waals surface area contributed by atoms with Crippen LogP contribution in [0.3, 0.4) is 0 Å². The van der Waals surface area contributed by atoms with Crippen LogP contribution in [0.4, 0.5) is 11.4 Å². The molecule has 0 N–H and O–H groups in total. The third-order valence-electron chi connectivity index (χ3n) is 7.97.